The summed E-state index contributed by atoms with van der Waals surface area (Å²) in [6.45, 7) is 1.25. The summed E-state index contributed by atoms with van der Waals surface area (Å²) in [6.07, 6.45) is 0. The van der Waals surface area contributed by atoms with Gasteiger partial charge in [-0.2, -0.15) is 4.39 Å². The molecule has 0 aromatic heterocycles. The van der Waals surface area contributed by atoms with Crippen LogP contribution >= 0.6 is 0 Å². The second-order valence-electron chi connectivity index (χ2n) is 3.66. The Hall–Kier alpha value is -1.60. The van der Waals surface area contributed by atoms with E-state index in [1.807, 2.05) is 0 Å². The lowest BCUT2D eigenvalue weighted by Crippen LogP contribution is -2.35. The predicted molar refractivity (Wildman–Crippen MR) is 54.6 cm³/mol. The molecule has 1 fully saturated rings. The molecule has 0 radical (unpaired) electrons. The Bertz CT molecular complexity index is 447. The molecule has 5 nitrogen and oxygen atoms in total. The molecule has 17 heavy (non-hydrogen) atoms. The molecule has 92 valence electrons. The van der Waals surface area contributed by atoms with Crippen molar-refractivity contribution in [3.63, 3.8) is 0 Å². The number of benzene rings is 1. The van der Waals surface area contributed by atoms with Gasteiger partial charge in [0, 0.05) is 12.1 Å². The molecule has 1 unspecified atom stereocenters. The first-order valence-corrected chi connectivity index (χ1v) is 5.04. The molecule has 1 aliphatic heterocycles. The molecule has 0 saturated carbocycles. The minimum Gasteiger partial charge on any atom is -0.378 e. The van der Waals surface area contributed by atoms with Gasteiger partial charge in [-0.15, -0.1) is 0 Å². The van der Waals surface area contributed by atoms with E-state index in [0.29, 0.717) is 19.2 Å². The van der Waals surface area contributed by atoms with Gasteiger partial charge in [0.25, 0.3) is 0 Å². The average molecular weight is 244 g/mol. The third-order valence-corrected chi connectivity index (χ3v) is 2.56. The number of nitrogens with one attached hydrogen (secondary N) is 1. The van der Waals surface area contributed by atoms with E-state index in [-0.39, 0.29) is 12.2 Å². The van der Waals surface area contributed by atoms with Crippen LogP contribution in [0.15, 0.2) is 12.1 Å². The molecule has 1 aromatic carbocycles. The molecule has 0 bridgehead atoms. The standard InChI is InChI=1S/C10H10F2N2O3/c11-7-4-10(14(15)16)8(12)3-6(7)9-5-17-2-1-13-9/h3-4,9,13H,1-2,5H2. The zero-order valence-corrected chi connectivity index (χ0v) is 8.78. The molecule has 1 saturated heterocycles. The summed E-state index contributed by atoms with van der Waals surface area (Å²) < 4.78 is 32.1. The van der Waals surface area contributed by atoms with E-state index >= 15 is 0 Å². The fraction of sp³-hybridized carbons (Fsp3) is 0.400. The number of nitro groups is 1. The van der Waals surface area contributed by atoms with Crippen molar-refractivity contribution in [3.8, 4) is 0 Å². The van der Waals surface area contributed by atoms with Crippen LogP contribution in [0.4, 0.5) is 14.5 Å². The van der Waals surface area contributed by atoms with Crippen molar-refractivity contribution in [1.29, 1.82) is 0 Å². The summed E-state index contributed by atoms with van der Waals surface area (Å²) >= 11 is 0. The maximum Gasteiger partial charge on any atom is 0.307 e. The summed E-state index contributed by atoms with van der Waals surface area (Å²) in [5.74, 6) is -1.85. The zero-order valence-electron chi connectivity index (χ0n) is 8.78. The van der Waals surface area contributed by atoms with Gasteiger partial charge in [0.05, 0.1) is 30.2 Å². The Morgan fingerprint density at radius 3 is 2.76 bits per heavy atom. The largest absolute Gasteiger partial charge is 0.378 e. The summed E-state index contributed by atoms with van der Waals surface area (Å²) in [7, 11) is 0. The van der Waals surface area contributed by atoms with Crippen LogP contribution in [-0.4, -0.2) is 24.7 Å². The summed E-state index contributed by atoms with van der Waals surface area (Å²) in [5.41, 5.74) is -0.809. The lowest BCUT2D eigenvalue weighted by Gasteiger charge is -2.24. The lowest BCUT2D eigenvalue weighted by molar-refractivity contribution is -0.387. The number of nitrogens with zero attached hydrogens (tertiary/aromatic N) is 1. The molecular formula is C10H10F2N2O3. The Kier molecular flexibility index (Phi) is 3.30. The van der Waals surface area contributed by atoms with E-state index < -0.39 is 28.3 Å². The van der Waals surface area contributed by atoms with Crippen molar-refractivity contribution in [3.05, 3.63) is 39.4 Å². The highest BCUT2D eigenvalue weighted by Gasteiger charge is 2.24. The SMILES string of the molecule is O=[N+]([O-])c1cc(F)c(C2COCCN2)cc1F. The minimum atomic E-state index is -1.04. The van der Waals surface area contributed by atoms with Gasteiger partial charge >= 0.3 is 5.69 Å². The van der Waals surface area contributed by atoms with Crippen LogP contribution in [0.3, 0.4) is 0 Å². The van der Waals surface area contributed by atoms with Gasteiger partial charge < -0.3 is 10.1 Å². The van der Waals surface area contributed by atoms with Crippen LogP contribution in [0.25, 0.3) is 0 Å². The normalized spacial score (nSPS) is 20.2. The second-order valence-corrected chi connectivity index (χ2v) is 3.66. The van der Waals surface area contributed by atoms with Gasteiger partial charge in [0.1, 0.15) is 5.82 Å². The van der Waals surface area contributed by atoms with Crippen LogP contribution in [-0.2, 0) is 4.74 Å². The quantitative estimate of drug-likeness (QED) is 0.633. The Morgan fingerprint density at radius 2 is 2.18 bits per heavy atom. The van der Waals surface area contributed by atoms with Crippen LogP contribution in [0.5, 0.6) is 0 Å². The number of halogens is 2. The zero-order chi connectivity index (χ0) is 12.4. The molecule has 1 heterocycles. The number of morpholine rings is 1. The van der Waals surface area contributed by atoms with Crippen LogP contribution in [0.2, 0.25) is 0 Å². The number of ether oxygens (including phenoxy) is 1. The van der Waals surface area contributed by atoms with E-state index in [1.165, 1.54) is 0 Å². The van der Waals surface area contributed by atoms with Crippen LogP contribution in [0, 0.1) is 21.7 Å². The highest BCUT2D eigenvalue weighted by Crippen LogP contribution is 2.26. The molecule has 2 rings (SSSR count). The molecule has 0 spiro atoms. The minimum absolute atomic E-state index is 0.0489. The van der Waals surface area contributed by atoms with Gasteiger partial charge in [-0.1, -0.05) is 0 Å². The number of rotatable bonds is 2. The molecule has 1 aliphatic rings. The first-order valence-electron chi connectivity index (χ1n) is 5.04. The fourth-order valence-electron chi connectivity index (χ4n) is 1.72. The highest BCUT2D eigenvalue weighted by atomic mass is 19.1. The summed E-state index contributed by atoms with van der Waals surface area (Å²) in [5, 5.41) is 13.4. The van der Waals surface area contributed by atoms with Gasteiger partial charge in [-0.25, -0.2) is 4.39 Å². The molecule has 1 aromatic rings. The van der Waals surface area contributed by atoms with Crippen molar-refractivity contribution in [2.45, 2.75) is 6.04 Å². The first-order chi connectivity index (χ1) is 8.09. The van der Waals surface area contributed by atoms with E-state index in [4.69, 9.17) is 4.74 Å². The fourth-order valence-corrected chi connectivity index (χ4v) is 1.72. The van der Waals surface area contributed by atoms with E-state index in [2.05, 4.69) is 5.32 Å². The topological polar surface area (TPSA) is 64.4 Å². The van der Waals surface area contributed by atoms with Crippen molar-refractivity contribution < 1.29 is 18.4 Å². The van der Waals surface area contributed by atoms with Gasteiger partial charge in [0.2, 0.25) is 5.82 Å². The monoisotopic (exact) mass is 244 g/mol. The van der Waals surface area contributed by atoms with E-state index in [1.54, 1.807) is 0 Å². The third-order valence-electron chi connectivity index (χ3n) is 2.56. The maximum absolute atomic E-state index is 13.6. The van der Waals surface area contributed by atoms with E-state index in [0.717, 1.165) is 6.07 Å². The summed E-state index contributed by atoms with van der Waals surface area (Å²) in [4.78, 5) is 9.47. The molecule has 1 atom stereocenters. The third kappa shape index (κ3) is 2.40. The Balaban J connectivity index is 2.35. The molecule has 0 amide bonds. The van der Waals surface area contributed by atoms with Crippen LogP contribution in [0.1, 0.15) is 11.6 Å². The average Bonchev–Trinajstić information content (AvgIpc) is 2.32. The van der Waals surface area contributed by atoms with Gasteiger partial charge in [-0.3, -0.25) is 10.1 Å². The Labute approximate surface area is 95.5 Å². The van der Waals surface area contributed by atoms with Crippen molar-refractivity contribution in [2.75, 3.05) is 19.8 Å². The van der Waals surface area contributed by atoms with Gasteiger partial charge in [-0.05, 0) is 6.07 Å². The Morgan fingerprint density at radius 1 is 1.41 bits per heavy atom. The number of hydrogen-bond donors (Lipinski definition) is 1. The van der Waals surface area contributed by atoms with E-state index in [9.17, 15) is 18.9 Å². The van der Waals surface area contributed by atoms with Crippen LogP contribution < -0.4 is 5.32 Å². The summed E-state index contributed by atoms with van der Waals surface area (Å²) in [6, 6.07) is 0.972. The first kappa shape index (κ1) is 11.9. The molecule has 0 aliphatic carbocycles. The maximum atomic E-state index is 13.6. The molecule has 1 N–H and O–H groups in total. The number of hydrogen-bond acceptors (Lipinski definition) is 4. The molecule has 7 heteroatoms. The molecular weight excluding hydrogens is 234 g/mol. The second kappa shape index (κ2) is 4.72. The predicted octanol–water partition coefficient (Wildman–Crippen LogP) is 1.53. The lowest BCUT2D eigenvalue weighted by atomic mass is 10.1. The smallest absolute Gasteiger partial charge is 0.307 e. The van der Waals surface area contributed by atoms with Crippen molar-refractivity contribution in [2.24, 2.45) is 0 Å². The highest BCUT2D eigenvalue weighted by molar-refractivity contribution is 5.37. The van der Waals surface area contributed by atoms with Crippen molar-refractivity contribution >= 4 is 5.69 Å². The van der Waals surface area contributed by atoms with Crippen molar-refractivity contribution in [1.82, 2.24) is 5.32 Å². The number of nitro benzene ring substituents is 1. The van der Waals surface area contributed by atoms with Gasteiger partial charge in [0.15, 0.2) is 0 Å².